The van der Waals surface area contributed by atoms with Gasteiger partial charge in [-0.2, -0.15) is 0 Å². The maximum atomic E-state index is 12.7. The van der Waals surface area contributed by atoms with Crippen LogP contribution >= 0.6 is 11.6 Å². The van der Waals surface area contributed by atoms with E-state index in [4.69, 9.17) is 11.6 Å². The molecule has 4 nitrogen and oxygen atoms in total. The molecule has 0 spiro atoms. The van der Waals surface area contributed by atoms with E-state index in [-0.39, 0.29) is 11.8 Å². The van der Waals surface area contributed by atoms with Crippen LogP contribution in [-0.2, 0) is 9.59 Å². The monoisotopic (exact) mass is 358 g/mol. The topological polar surface area (TPSA) is 58.2 Å². The lowest BCUT2D eigenvalue weighted by Crippen LogP contribution is -2.41. The van der Waals surface area contributed by atoms with E-state index in [2.05, 4.69) is 10.6 Å². The standard InChI is InChI=1S/C20H23ClN2O2/c1-12-9-10-13(2)17(11-12)23-19(25)20(4,5)18(24)22-16-8-6-7-15(21)14(16)3/h6-11H,1-5H3,(H,22,24)(H,23,25). The van der Waals surface area contributed by atoms with Crippen molar-refractivity contribution in [3.8, 4) is 0 Å². The minimum Gasteiger partial charge on any atom is -0.325 e. The van der Waals surface area contributed by atoms with E-state index < -0.39 is 5.41 Å². The Morgan fingerprint density at radius 1 is 0.920 bits per heavy atom. The summed E-state index contributed by atoms with van der Waals surface area (Å²) in [6, 6.07) is 11.1. The number of nitrogens with one attached hydrogen (secondary N) is 2. The predicted octanol–water partition coefficient (Wildman–Crippen LogP) is 4.87. The van der Waals surface area contributed by atoms with Gasteiger partial charge in [0.1, 0.15) is 5.41 Å². The van der Waals surface area contributed by atoms with E-state index in [9.17, 15) is 9.59 Å². The Morgan fingerprint density at radius 3 is 2.16 bits per heavy atom. The van der Waals surface area contributed by atoms with E-state index in [0.717, 1.165) is 16.7 Å². The van der Waals surface area contributed by atoms with Crippen molar-refractivity contribution >= 4 is 34.8 Å². The van der Waals surface area contributed by atoms with Crippen LogP contribution in [0.5, 0.6) is 0 Å². The first-order valence-electron chi connectivity index (χ1n) is 8.08. The molecule has 0 saturated carbocycles. The fourth-order valence-electron chi connectivity index (χ4n) is 2.27. The zero-order valence-corrected chi connectivity index (χ0v) is 15.9. The minimum absolute atomic E-state index is 0.363. The van der Waals surface area contributed by atoms with Crippen molar-refractivity contribution < 1.29 is 9.59 Å². The molecule has 0 aliphatic heterocycles. The Bertz CT molecular complexity index is 810. The first-order chi connectivity index (χ1) is 11.6. The fraction of sp³-hybridized carbons (Fsp3) is 0.300. The Labute approximate surface area is 153 Å². The van der Waals surface area contributed by atoms with Gasteiger partial charge in [0, 0.05) is 16.4 Å². The molecule has 0 radical (unpaired) electrons. The summed E-state index contributed by atoms with van der Waals surface area (Å²) in [7, 11) is 0. The van der Waals surface area contributed by atoms with Crippen LogP contribution in [0.25, 0.3) is 0 Å². The summed E-state index contributed by atoms with van der Waals surface area (Å²) < 4.78 is 0. The number of aryl methyl sites for hydroxylation is 2. The highest BCUT2D eigenvalue weighted by Gasteiger charge is 2.36. The molecule has 0 aromatic heterocycles. The van der Waals surface area contributed by atoms with Crippen LogP contribution in [0.3, 0.4) is 0 Å². The molecule has 0 unspecified atom stereocenters. The number of amides is 2. The molecule has 0 bridgehead atoms. The Hall–Kier alpha value is -2.33. The molecule has 0 aliphatic rings. The van der Waals surface area contributed by atoms with Gasteiger partial charge < -0.3 is 10.6 Å². The number of carbonyl (C=O) groups excluding carboxylic acids is 2. The normalized spacial score (nSPS) is 11.1. The van der Waals surface area contributed by atoms with E-state index in [1.54, 1.807) is 32.0 Å². The van der Waals surface area contributed by atoms with Crippen LogP contribution in [0.1, 0.15) is 30.5 Å². The van der Waals surface area contributed by atoms with Crippen LogP contribution in [0.4, 0.5) is 11.4 Å². The maximum absolute atomic E-state index is 12.7. The van der Waals surface area contributed by atoms with Crippen LogP contribution in [0.15, 0.2) is 36.4 Å². The van der Waals surface area contributed by atoms with Gasteiger partial charge in [-0.25, -0.2) is 0 Å². The number of benzene rings is 2. The van der Waals surface area contributed by atoms with Crippen molar-refractivity contribution in [2.24, 2.45) is 5.41 Å². The van der Waals surface area contributed by atoms with Crippen LogP contribution in [0.2, 0.25) is 5.02 Å². The van der Waals surface area contributed by atoms with Gasteiger partial charge >= 0.3 is 0 Å². The third kappa shape index (κ3) is 4.20. The van der Waals surface area contributed by atoms with Gasteiger partial charge in [0.05, 0.1) is 0 Å². The highest BCUT2D eigenvalue weighted by molar-refractivity contribution is 6.31. The molecule has 2 N–H and O–H groups in total. The molecule has 0 saturated heterocycles. The molecule has 2 rings (SSSR count). The molecule has 2 aromatic rings. The summed E-state index contributed by atoms with van der Waals surface area (Å²) in [5.41, 5.74) is 2.82. The quantitative estimate of drug-likeness (QED) is 0.766. The molecule has 0 aliphatic carbocycles. The predicted molar refractivity (Wildman–Crippen MR) is 103 cm³/mol. The fourth-order valence-corrected chi connectivity index (χ4v) is 2.45. The van der Waals surface area contributed by atoms with Gasteiger partial charge in [-0.3, -0.25) is 9.59 Å². The van der Waals surface area contributed by atoms with Crippen molar-refractivity contribution in [1.29, 1.82) is 0 Å². The first kappa shape index (κ1) is 19.0. The van der Waals surface area contributed by atoms with Gasteiger partial charge in [-0.05, 0) is 69.5 Å². The van der Waals surface area contributed by atoms with Crippen molar-refractivity contribution in [1.82, 2.24) is 0 Å². The molecule has 0 heterocycles. The lowest BCUT2D eigenvalue weighted by Gasteiger charge is -2.24. The van der Waals surface area contributed by atoms with Crippen LogP contribution in [0, 0.1) is 26.2 Å². The van der Waals surface area contributed by atoms with Gasteiger partial charge in [-0.1, -0.05) is 29.8 Å². The number of carbonyl (C=O) groups is 2. The third-order valence-electron chi connectivity index (χ3n) is 4.29. The molecule has 5 heteroatoms. The molecular weight excluding hydrogens is 336 g/mol. The molecular formula is C20H23ClN2O2. The summed E-state index contributed by atoms with van der Waals surface area (Å²) in [5.74, 6) is -0.751. The van der Waals surface area contributed by atoms with Crippen molar-refractivity contribution in [3.63, 3.8) is 0 Å². The lowest BCUT2D eigenvalue weighted by atomic mass is 9.90. The molecule has 0 atom stereocenters. The van der Waals surface area contributed by atoms with Crippen molar-refractivity contribution in [2.75, 3.05) is 10.6 Å². The number of halogens is 1. The summed E-state index contributed by atoms with van der Waals surface area (Å²) in [5, 5.41) is 6.22. The van der Waals surface area contributed by atoms with E-state index in [1.165, 1.54) is 0 Å². The number of rotatable bonds is 4. The smallest absolute Gasteiger partial charge is 0.239 e. The summed E-state index contributed by atoms with van der Waals surface area (Å²) in [4.78, 5) is 25.3. The zero-order valence-electron chi connectivity index (χ0n) is 15.2. The second-order valence-corrected chi connectivity index (χ2v) is 7.17. The molecule has 132 valence electrons. The third-order valence-corrected chi connectivity index (χ3v) is 4.70. The second kappa shape index (κ2) is 7.28. The average molecular weight is 359 g/mol. The second-order valence-electron chi connectivity index (χ2n) is 6.76. The van der Waals surface area contributed by atoms with Crippen LogP contribution < -0.4 is 10.6 Å². The highest BCUT2D eigenvalue weighted by Crippen LogP contribution is 2.27. The summed E-state index contributed by atoms with van der Waals surface area (Å²) in [6.07, 6.45) is 0. The van der Waals surface area contributed by atoms with E-state index in [1.807, 2.05) is 39.0 Å². The summed E-state index contributed by atoms with van der Waals surface area (Å²) >= 11 is 6.08. The van der Waals surface area contributed by atoms with E-state index in [0.29, 0.717) is 16.4 Å². The minimum atomic E-state index is -1.25. The number of hydrogen-bond donors (Lipinski definition) is 2. The Balaban J connectivity index is 2.18. The highest BCUT2D eigenvalue weighted by atomic mass is 35.5. The Morgan fingerprint density at radius 2 is 1.52 bits per heavy atom. The Kier molecular flexibility index (Phi) is 5.53. The molecule has 2 aromatic carbocycles. The van der Waals surface area contributed by atoms with Gasteiger partial charge in [0.2, 0.25) is 11.8 Å². The van der Waals surface area contributed by atoms with Gasteiger partial charge in [0.25, 0.3) is 0 Å². The molecule has 25 heavy (non-hydrogen) atoms. The van der Waals surface area contributed by atoms with Crippen molar-refractivity contribution in [3.05, 3.63) is 58.1 Å². The molecule has 0 fully saturated rings. The SMILES string of the molecule is Cc1ccc(C)c(NC(=O)C(C)(C)C(=O)Nc2cccc(Cl)c2C)c1. The number of anilines is 2. The average Bonchev–Trinajstić information content (AvgIpc) is 2.55. The van der Waals surface area contributed by atoms with Crippen molar-refractivity contribution in [2.45, 2.75) is 34.6 Å². The maximum Gasteiger partial charge on any atom is 0.239 e. The first-order valence-corrected chi connectivity index (χ1v) is 8.46. The van der Waals surface area contributed by atoms with Crippen LogP contribution in [-0.4, -0.2) is 11.8 Å². The van der Waals surface area contributed by atoms with Gasteiger partial charge in [-0.15, -0.1) is 0 Å². The van der Waals surface area contributed by atoms with Gasteiger partial charge in [0.15, 0.2) is 0 Å². The largest absolute Gasteiger partial charge is 0.325 e. The van der Waals surface area contributed by atoms with E-state index >= 15 is 0 Å². The lowest BCUT2D eigenvalue weighted by molar-refractivity contribution is -0.135. The summed E-state index contributed by atoms with van der Waals surface area (Å²) in [6.45, 7) is 8.89. The number of hydrogen-bond acceptors (Lipinski definition) is 2. The zero-order chi connectivity index (χ0) is 18.8. The molecule has 2 amide bonds.